The van der Waals surface area contributed by atoms with Crippen LogP contribution < -0.4 is 0 Å². The first-order chi connectivity index (χ1) is 8.38. The molecule has 1 aromatic carbocycles. The van der Waals surface area contributed by atoms with E-state index in [1.54, 1.807) is 9.74 Å². The molecule has 0 heterocycles. The number of hydrogen-bond donors (Lipinski definition) is 0. The molecule has 1 aliphatic carbocycles. The summed E-state index contributed by atoms with van der Waals surface area (Å²) in [4.78, 5) is 0. The number of rotatable bonds is 3. The minimum Gasteiger partial charge on any atom is -0.0623 e. The predicted octanol–water partition coefficient (Wildman–Crippen LogP) is 5.21. The van der Waals surface area contributed by atoms with Gasteiger partial charge in [0.2, 0.25) is 0 Å². The van der Waals surface area contributed by atoms with E-state index in [1.165, 1.54) is 24.3 Å². The van der Waals surface area contributed by atoms with E-state index >= 15 is 0 Å². The van der Waals surface area contributed by atoms with Gasteiger partial charge in [-0.3, -0.25) is 0 Å². The second-order valence-corrected chi connectivity index (χ2v) is 6.65. The van der Waals surface area contributed by atoms with Crippen LogP contribution in [0.3, 0.4) is 0 Å². The molecule has 1 heteroatoms. The Labute approximate surface area is 113 Å². The molecule has 0 saturated heterocycles. The van der Waals surface area contributed by atoms with E-state index in [9.17, 15) is 0 Å². The quantitative estimate of drug-likeness (QED) is 0.531. The molecule has 2 rings (SSSR count). The summed E-state index contributed by atoms with van der Waals surface area (Å²) in [6.07, 6.45) is 8.42. The molecule has 0 N–H and O–H groups in total. The molecule has 1 aromatic rings. The van der Waals surface area contributed by atoms with E-state index < -0.39 is 0 Å². The first-order valence-corrected chi connectivity index (χ1v) is 8.40. The molecule has 0 atom stereocenters. The van der Waals surface area contributed by atoms with Crippen molar-refractivity contribution in [1.29, 1.82) is 0 Å². The van der Waals surface area contributed by atoms with Gasteiger partial charge in [-0.25, -0.2) is 0 Å². The minimum atomic E-state index is 0.557. The molecule has 0 fully saturated rings. The zero-order valence-electron chi connectivity index (χ0n) is 10.8. The van der Waals surface area contributed by atoms with Gasteiger partial charge in [0.05, 0.1) is 0 Å². The van der Waals surface area contributed by atoms with Gasteiger partial charge >= 0.3 is 77.1 Å². The van der Waals surface area contributed by atoms with Gasteiger partial charge in [-0.2, -0.15) is 0 Å². The summed E-state index contributed by atoms with van der Waals surface area (Å²) in [5, 5.41) is 1.39. The van der Waals surface area contributed by atoms with Crippen LogP contribution in [0.25, 0.3) is 0 Å². The van der Waals surface area contributed by atoms with Gasteiger partial charge in [0.15, 0.2) is 0 Å². The molecule has 0 amide bonds. The van der Waals surface area contributed by atoms with Crippen molar-refractivity contribution in [1.82, 2.24) is 0 Å². The van der Waals surface area contributed by atoms with Gasteiger partial charge in [-0.15, -0.1) is 0 Å². The standard InChI is InChI=1S/C8H11.C6H6.C2H5.Ru/c1-2-8-6-4-3-5-7-8;1-2-4-6-5-3-1;1-2;/h3-4H,2,5-6H2,1H3;1-6H;1H2,2H3;. The average molecular weight is 315 g/mol. The molecule has 1 aliphatic rings. The Kier molecular flexibility index (Phi) is 7.92. The number of allylic oxidation sites excluding steroid dienone is 4. The van der Waals surface area contributed by atoms with Crippen LogP contribution in [0.4, 0.5) is 0 Å². The van der Waals surface area contributed by atoms with Crippen molar-refractivity contribution in [2.75, 3.05) is 0 Å². The van der Waals surface area contributed by atoms with Crippen molar-refractivity contribution in [3.05, 3.63) is 58.3 Å². The molecule has 0 spiro atoms. The first kappa shape index (κ1) is 14.4. The molecular weight excluding hydrogens is 293 g/mol. The van der Waals surface area contributed by atoms with E-state index in [-0.39, 0.29) is 0 Å². The van der Waals surface area contributed by atoms with Crippen molar-refractivity contribution in [2.45, 2.75) is 38.1 Å². The molecule has 0 bridgehead atoms. The molecule has 0 saturated carbocycles. The van der Waals surface area contributed by atoms with Crippen LogP contribution in [-0.4, -0.2) is 0 Å². The molecule has 17 heavy (non-hydrogen) atoms. The molecule has 0 nitrogen and oxygen atoms in total. The zero-order valence-corrected chi connectivity index (χ0v) is 12.5. The Morgan fingerprint density at radius 1 is 0.882 bits per heavy atom. The molecule has 0 aromatic heterocycles. The third-order valence-electron chi connectivity index (χ3n) is 2.57. The maximum absolute atomic E-state index is 2.33. The zero-order chi connectivity index (χ0) is 12.3. The van der Waals surface area contributed by atoms with Crippen molar-refractivity contribution in [2.24, 2.45) is 0 Å². The van der Waals surface area contributed by atoms with Crippen LogP contribution >= 0.6 is 0 Å². The summed E-state index contributed by atoms with van der Waals surface area (Å²) in [7, 11) is 0. The van der Waals surface area contributed by atoms with E-state index in [1.807, 2.05) is 36.4 Å². The van der Waals surface area contributed by atoms with Crippen LogP contribution in [0.15, 0.2) is 58.3 Å². The molecule has 0 radical (unpaired) electrons. The van der Waals surface area contributed by atoms with Crippen LogP contribution in [0.5, 0.6) is 0 Å². The Balaban J connectivity index is 0.000000202. The Hall–Kier alpha value is -0.677. The summed E-state index contributed by atoms with van der Waals surface area (Å²) < 4.78 is 1.80. The molecule has 94 valence electrons. The second kappa shape index (κ2) is 9.36. The topological polar surface area (TPSA) is 0 Å². The van der Waals surface area contributed by atoms with E-state index in [4.69, 9.17) is 0 Å². The summed E-state index contributed by atoms with van der Waals surface area (Å²) >= 11 is 0.557. The summed E-state index contributed by atoms with van der Waals surface area (Å²) in [6, 6.07) is 12.0. The SMILES string of the molecule is C[CH2][Ru][C]1=C(CC)CC=CC1.c1ccccc1. The van der Waals surface area contributed by atoms with Gasteiger partial charge in [-0.1, -0.05) is 36.4 Å². The van der Waals surface area contributed by atoms with Crippen LogP contribution in [-0.2, 0) is 17.1 Å². The largest absolute Gasteiger partial charge is 0.0623 e. The fourth-order valence-corrected chi connectivity index (χ4v) is 3.79. The predicted molar refractivity (Wildman–Crippen MR) is 72.6 cm³/mol. The van der Waals surface area contributed by atoms with Gasteiger partial charge in [0.25, 0.3) is 0 Å². The summed E-state index contributed by atoms with van der Waals surface area (Å²) in [5.74, 6) is 0. The normalized spacial score (nSPS) is 14.5. The van der Waals surface area contributed by atoms with Crippen molar-refractivity contribution in [3.8, 4) is 0 Å². The fourth-order valence-electron chi connectivity index (χ4n) is 1.67. The van der Waals surface area contributed by atoms with Crippen LogP contribution in [0.2, 0.25) is 5.02 Å². The molecular formula is C16H22Ru. The van der Waals surface area contributed by atoms with Crippen molar-refractivity contribution >= 4 is 0 Å². The monoisotopic (exact) mass is 316 g/mol. The first-order valence-electron chi connectivity index (χ1n) is 6.30. The van der Waals surface area contributed by atoms with E-state index in [0.29, 0.717) is 17.1 Å². The fraction of sp³-hybridized carbons (Fsp3) is 0.375. The smallest absolute Gasteiger partial charge is 0.0623 e. The maximum atomic E-state index is 2.33. The second-order valence-electron chi connectivity index (χ2n) is 3.76. The van der Waals surface area contributed by atoms with Crippen molar-refractivity contribution in [3.63, 3.8) is 0 Å². The van der Waals surface area contributed by atoms with Crippen LogP contribution in [0.1, 0.15) is 33.1 Å². The summed E-state index contributed by atoms with van der Waals surface area (Å²) in [5.41, 5.74) is 1.73. The van der Waals surface area contributed by atoms with E-state index in [0.717, 1.165) is 0 Å². The number of benzene rings is 1. The van der Waals surface area contributed by atoms with Gasteiger partial charge in [0, 0.05) is 0 Å². The Morgan fingerprint density at radius 3 is 1.88 bits per heavy atom. The maximum Gasteiger partial charge on any atom is -0.0623 e. The minimum absolute atomic E-state index is 0.557. The van der Waals surface area contributed by atoms with Gasteiger partial charge in [0.1, 0.15) is 0 Å². The Morgan fingerprint density at radius 2 is 1.41 bits per heavy atom. The van der Waals surface area contributed by atoms with Crippen LogP contribution in [0, 0.1) is 0 Å². The van der Waals surface area contributed by atoms with Gasteiger partial charge in [-0.05, 0) is 0 Å². The Bertz CT molecular complexity index is 322. The van der Waals surface area contributed by atoms with E-state index in [2.05, 4.69) is 26.0 Å². The number of hydrogen-bond acceptors (Lipinski definition) is 0. The molecule has 0 unspecified atom stereocenters. The summed E-state index contributed by atoms with van der Waals surface area (Å²) in [6.45, 7) is 4.58. The third-order valence-corrected chi connectivity index (χ3v) is 4.89. The third kappa shape index (κ3) is 5.98. The molecule has 0 aliphatic heterocycles. The van der Waals surface area contributed by atoms with Crippen molar-refractivity contribution < 1.29 is 17.1 Å². The van der Waals surface area contributed by atoms with Gasteiger partial charge < -0.3 is 0 Å². The average Bonchev–Trinajstić information content (AvgIpc) is 2.42.